The summed E-state index contributed by atoms with van der Waals surface area (Å²) in [5, 5.41) is 15.1. The molecule has 0 aliphatic heterocycles. The van der Waals surface area contributed by atoms with Gasteiger partial charge in [-0.15, -0.1) is 5.10 Å². The van der Waals surface area contributed by atoms with Crippen molar-refractivity contribution < 1.29 is 4.79 Å². The molecule has 3 rings (SSSR count). The van der Waals surface area contributed by atoms with E-state index in [9.17, 15) is 4.79 Å². The highest BCUT2D eigenvalue weighted by atomic mass is 35.5. The summed E-state index contributed by atoms with van der Waals surface area (Å²) in [6, 6.07) is 10.8. The predicted octanol–water partition coefficient (Wildman–Crippen LogP) is 3.85. The molecule has 1 N–H and O–H groups in total. The Hall–Kier alpha value is -2.44. The minimum atomic E-state index is -0.0828. The van der Waals surface area contributed by atoms with Gasteiger partial charge in [0, 0.05) is 22.2 Å². The fourth-order valence-electron chi connectivity index (χ4n) is 2.46. The molecule has 25 heavy (non-hydrogen) atoms. The third-order valence-electron chi connectivity index (χ3n) is 3.71. The number of aromatic nitrogens is 4. The molecule has 1 amide bonds. The van der Waals surface area contributed by atoms with Crippen LogP contribution in [0.5, 0.6) is 0 Å². The zero-order chi connectivity index (χ0) is 17.8. The Kier molecular flexibility index (Phi) is 5.31. The lowest BCUT2D eigenvalue weighted by Crippen LogP contribution is -2.13. The molecule has 0 radical (unpaired) electrons. The van der Waals surface area contributed by atoms with E-state index in [0.29, 0.717) is 22.9 Å². The molecule has 0 spiro atoms. The average Bonchev–Trinajstić information content (AvgIpc) is 3.08. The molecule has 0 aliphatic carbocycles. The van der Waals surface area contributed by atoms with Crippen molar-refractivity contribution >= 4 is 34.8 Å². The second-order valence-electron chi connectivity index (χ2n) is 5.54. The van der Waals surface area contributed by atoms with E-state index in [1.54, 1.807) is 16.8 Å². The smallest absolute Gasteiger partial charge is 0.224 e. The number of nitrogens with one attached hydrogen (secondary N) is 1. The van der Waals surface area contributed by atoms with Gasteiger partial charge < -0.3 is 5.32 Å². The van der Waals surface area contributed by atoms with Gasteiger partial charge in [-0.05, 0) is 65.2 Å². The summed E-state index contributed by atoms with van der Waals surface area (Å²) < 4.78 is 1.57. The van der Waals surface area contributed by atoms with Crippen molar-refractivity contribution in [3.8, 4) is 5.69 Å². The maximum atomic E-state index is 12.2. The molecule has 2 aromatic carbocycles. The standard InChI is InChI=1S/C17H15Cl2N5O/c1-11-8-14(5-6-16(11)24-10-20-22-23-24)21-17(25)7-3-12-2-4-13(18)9-15(12)19/h2,4-6,8-10H,3,7H2,1H3,(H,21,25). The van der Waals surface area contributed by atoms with E-state index in [2.05, 4.69) is 20.8 Å². The third kappa shape index (κ3) is 4.35. The number of aryl methyl sites for hydroxylation is 2. The zero-order valence-corrected chi connectivity index (χ0v) is 14.9. The van der Waals surface area contributed by atoms with Gasteiger partial charge in [-0.1, -0.05) is 29.3 Å². The van der Waals surface area contributed by atoms with Crippen LogP contribution in [0.15, 0.2) is 42.7 Å². The number of anilines is 1. The van der Waals surface area contributed by atoms with Crippen LogP contribution >= 0.6 is 23.2 Å². The highest BCUT2D eigenvalue weighted by Crippen LogP contribution is 2.22. The van der Waals surface area contributed by atoms with E-state index in [-0.39, 0.29) is 5.91 Å². The molecule has 8 heteroatoms. The van der Waals surface area contributed by atoms with Crippen LogP contribution in [0.25, 0.3) is 5.69 Å². The van der Waals surface area contributed by atoms with Gasteiger partial charge in [0.1, 0.15) is 6.33 Å². The molecule has 1 aromatic heterocycles. The Morgan fingerprint density at radius 3 is 2.72 bits per heavy atom. The molecule has 0 unspecified atom stereocenters. The minimum Gasteiger partial charge on any atom is -0.326 e. The Balaban J connectivity index is 1.62. The van der Waals surface area contributed by atoms with Gasteiger partial charge in [-0.2, -0.15) is 0 Å². The maximum Gasteiger partial charge on any atom is 0.224 e. The van der Waals surface area contributed by atoms with Crippen LogP contribution in [-0.4, -0.2) is 26.1 Å². The molecule has 0 saturated carbocycles. The normalized spacial score (nSPS) is 10.7. The first kappa shape index (κ1) is 17.4. The highest BCUT2D eigenvalue weighted by molar-refractivity contribution is 6.35. The SMILES string of the molecule is Cc1cc(NC(=O)CCc2ccc(Cl)cc2Cl)ccc1-n1cnnn1. The number of carbonyl (C=O) groups is 1. The van der Waals surface area contributed by atoms with E-state index in [4.69, 9.17) is 23.2 Å². The molecule has 3 aromatic rings. The first-order valence-corrected chi connectivity index (χ1v) is 8.36. The summed E-state index contributed by atoms with van der Waals surface area (Å²) in [4.78, 5) is 12.2. The number of halogens is 2. The van der Waals surface area contributed by atoms with Crippen molar-refractivity contribution in [3.63, 3.8) is 0 Å². The topological polar surface area (TPSA) is 72.7 Å². The number of amides is 1. The van der Waals surface area contributed by atoms with E-state index < -0.39 is 0 Å². The average molecular weight is 376 g/mol. The van der Waals surface area contributed by atoms with Gasteiger partial charge in [-0.3, -0.25) is 4.79 Å². The van der Waals surface area contributed by atoms with Gasteiger partial charge >= 0.3 is 0 Å². The van der Waals surface area contributed by atoms with E-state index in [1.807, 2.05) is 31.2 Å². The van der Waals surface area contributed by atoms with Crippen molar-refractivity contribution in [2.24, 2.45) is 0 Å². The third-order valence-corrected chi connectivity index (χ3v) is 4.30. The van der Waals surface area contributed by atoms with Crippen LogP contribution in [0.2, 0.25) is 10.0 Å². The Labute approximate surface area is 154 Å². The summed E-state index contributed by atoms with van der Waals surface area (Å²) in [7, 11) is 0. The summed E-state index contributed by atoms with van der Waals surface area (Å²) in [6.45, 7) is 1.93. The first-order chi connectivity index (χ1) is 12.0. The molecular weight excluding hydrogens is 361 g/mol. The lowest BCUT2D eigenvalue weighted by atomic mass is 10.1. The van der Waals surface area contributed by atoms with Crippen LogP contribution in [0.1, 0.15) is 17.5 Å². The zero-order valence-electron chi connectivity index (χ0n) is 13.4. The molecule has 1 heterocycles. The summed E-state index contributed by atoms with van der Waals surface area (Å²) in [5.41, 5.74) is 3.43. The lowest BCUT2D eigenvalue weighted by Gasteiger charge is -2.10. The fraction of sp³-hybridized carbons (Fsp3) is 0.176. The molecule has 0 bridgehead atoms. The van der Waals surface area contributed by atoms with Crippen molar-refractivity contribution in [2.75, 3.05) is 5.32 Å². The molecular formula is C17H15Cl2N5O. The second-order valence-corrected chi connectivity index (χ2v) is 6.38. The fourth-order valence-corrected chi connectivity index (χ4v) is 2.96. The van der Waals surface area contributed by atoms with Gasteiger partial charge in [0.05, 0.1) is 5.69 Å². The van der Waals surface area contributed by atoms with Crippen molar-refractivity contribution in [1.29, 1.82) is 0 Å². The number of hydrogen-bond donors (Lipinski definition) is 1. The van der Waals surface area contributed by atoms with Crippen LogP contribution in [0.3, 0.4) is 0 Å². The number of carbonyl (C=O) groups excluding carboxylic acids is 1. The first-order valence-electron chi connectivity index (χ1n) is 7.61. The van der Waals surface area contributed by atoms with Crippen molar-refractivity contribution in [2.45, 2.75) is 19.8 Å². The van der Waals surface area contributed by atoms with Crippen LogP contribution < -0.4 is 5.32 Å². The van der Waals surface area contributed by atoms with Crippen LogP contribution in [-0.2, 0) is 11.2 Å². The predicted molar refractivity (Wildman–Crippen MR) is 97.3 cm³/mol. The lowest BCUT2D eigenvalue weighted by molar-refractivity contribution is -0.116. The number of nitrogens with zero attached hydrogens (tertiary/aromatic N) is 4. The Bertz CT molecular complexity index is 896. The highest BCUT2D eigenvalue weighted by Gasteiger charge is 2.08. The molecule has 0 atom stereocenters. The monoisotopic (exact) mass is 375 g/mol. The van der Waals surface area contributed by atoms with Gasteiger partial charge in [0.25, 0.3) is 0 Å². The Morgan fingerprint density at radius 1 is 1.20 bits per heavy atom. The molecule has 6 nitrogen and oxygen atoms in total. The maximum absolute atomic E-state index is 12.2. The number of tetrazole rings is 1. The summed E-state index contributed by atoms with van der Waals surface area (Å²) >= 11 is 12.0. The van der Waals surface area contributed by atoms with Crippen LogP contribution in [0.4, 0.5) is 5.69 Å². The molecule has 0 saturated heterocycles. The van der Waals surface area contributed by atoms with Crippen molar-refractivity contribution in [3.05, 3.63) is 63.9 Å². The number of rotatable bonds is 5. The van der Waals surface area contributed by atoms with E-state index in [1.165, 1.54) is 6.33 Å². The van der Waals surface area contributed by atoms with E-state index >= 15 is 0 Å². The van der Waals surface area contributed by atoms with Gasteiger partial charge in [0.15, 0.2) is 0 Å². The molecule has 128 valence electrons. The largest absolute Gasteiger partial charge is 0.326 e. The van der Waals surface area contributed by atoms with Gasteiger partial charge in [-0.25, -0.2) is 4.68 Å². The minimum absolute atomic E-state index is 0.0828. The summed E-state index contributed by atoms with van der Waals surface area (Å²) in [5.74, 6) is -0.0828. The Morgan fingerprint density at radius 2 is 2.04 bits per heavy atom. The quantitative estimate of drug-likeness (QED) is 0.734. The summed E-state index contributed by atoms with van der Waals surface area (Å²) in [6.07, 6.45) is 2.40. The second kappa shape index (κ2) is 7.63. The van der Waals surface area contributed by atoms with Gasteiger partial charge in [0.2, 0.25) is 5.91 Å². The van der Waals surface area contributed by atoms with Crippen molar-refractivity contribution in [1.82, 2.24) is 20.2 Å². The van der Waals surface area contributed by atoms with E-state index in [0.717, 1.165) is 22.5 Å². The number of hydrogen-bond acceptors (Lipinski definition) is 4. The molecule has 0 fully saturated rings. The molecule has 0 aliphatic rings. The number of benzene rings is 2. The van der Waals surface area contributed by atoms with Crippen LogP contribution in [0, 0.1) is 6.92 Å².